The second-order valence-corrected chi connectivity index (χ2v) is 9.91. The molecule has 2 heterocycles. The summed E-state index contributed by atoms with van der Waals surface area (Å²) in [5.41, 5.74) is 2.23. The molecule has 0 aromatic carbocycles. The topological polar surface area (TPSA) is 65.5 Å². The van der Waals surface area contributed by atoms with E-state index < -0.39 is 0 Å². The molecule has 0 saturated carbocycles. The van der Waals surface area contributed by atoms with Crippen LogP contribution in [0.25, 0.3) is 0 Å². The van der Waals surface area contributed by atoms with Crippen LogP contribution in [0, 0.1) is 5.92 Å². The lowest BCUT2D eigenvalue weighted by Gasteiger charge is -2.38. The Kier molecular flexibility index (Phi) is 7.96. The number of amides is 2. The van der Waals surface area contributed by atoms with Crippen LogP contribution in [0.15, 0.2) is 76.5 Å². The molecule has 0 radical (unpaired) electrons. The van der Waals surface area contributed by atoms with Gasteiger partial charge in [-0.3, -0.25) is 14.5 Å². The fourth-order valence-electron chi connectivity index (χ4n) is 4.47. The van der Waals surface area contributed by atoms with Crippen LogP contribution in [0.2, 0.25) is 0 Å². The van der Waals surface area contributed by atoms with Gasteiger partial charge in [0.25, 0.3) is 11.8 Å². The van der Waals surface area contributed by atoms with E-state index in [2.05, 4.69) is 41.4 Å². The lowest BCUT2D eigenvalue weighted by atomic mass is 9.74. The average Bonchev–Trinajstić information content (AvgIpc) is 2.82. The number of rotatable bonds is 11. The molecule has 7 heteroatoms. The van der Waals surface area contributed by atoms with Gasteiger partial charge in [0.15, 0.2) is 0 Å². The molecule has 1 aromatic heterocycles. The highest BCUT2D eigenvalue weighted by atomic mass is 32.2. The van der Waals surface area contributed by atoms with Crippen molar-refractivity contribution < 1.29 is 9.59 Å². The van der Waals surface area contributed by atoms with E-state index in [1.54, 1.807) is 18.0 Å². The number of unbranched alkanes of at least 4 members (excludes halogenated alkanes) is 1. The first-order valence-corrected chi connectivity index (χ1v) is 12.6. The van der Waals surface area contributed by atoms with E-state index in [0.29, 0.717) is 17.7 Å². The highest BCUT2D eigenvalue weighted by molar-refractivity contribution is 7.99. The van der Waals surface area contributed by atoms with Crippen LogP contribution >= 0.6 is 11.8 Å². The minimum Gasteiger partial charge on any atom is -0.310 e. The third kappa shape index (κ3) is 5.54. The van der Waals surface area contributed by atoms with E-state index in [-0.39, 0.29) is 23.8 Å². The van der Waals surface area contributed by atoms with E-state index in [9.17, 15) is 9.59 Å². The number of hydrogen-bond donors (Lipinski definition) is 1. The van der Waals surface area contributed by atoms with Crippen molar-refractivity contribution in [1.29, 1.82) is 0 Å². The van der Waals surface area contributed by atoms with Crippen molar-refractivity contribution in [2.45, 2.75) is 30.3 Å². The zero-order valence-electron chi connectivity index (χ0n) is 19.4. The quantitative estimate of drug-likeness (QED) is 0.308. The Morgan fingerprint density at radius 3 is 2.79 bits per heavy atom. The number of aromatic nitrogens is 1. The number of thioether (sulfide) groups is 1. The molecule has 0 spiro atoms. The lowest BCUT2D eigenvalue weighted by molar-refractivity contribution is -0.140. The average molecular weight is 465 g/mol. The highest BCUT2D eigenvalue weighted by Gasteiger charge is 2.42. The van der Waals surface area contributed by atoms with E-state index in [1.807, 2.05) is 36.4 Å². The largest absolute Gasteiger partial charge is 0.310 e. The summed E-state index contributed by atoms with van der Waals surface area (Å²) in [7, 11) is 4.14. The number of pyridine rings is 1. The lowest BCUT2D eigenvalue weighted by Crippen LogP contribution is -2.48. The van der Waals surface area contributed by atoms with Crippen LogP contribution in [-0.4, -0.2) is 72.1 Å². The van der Waals surface area contributed by atoms with Gasteiger partial charge < -0.3 is 10.2 Å². The highest BCUT2D eigenvalue weighted by Crippen LogP contribution is 2.39. The van der Waals surface area contributed by atoms with Crippen molar-refractivity contribution >= 4 is 23.6 Å². The summed E-state index contributed by atoms with van der Waals surface area (Å²) >= 11 is 1.70. The maximum atomic E-state index is 13.2. The van der Waals surface area contributed by atoms with Crippen LogP contribution in [0.1, 0.15) is 19.3 Å². The van der Waals surface area contributed by atoms with Gasteiger partial charge in [0.05, 0.1) is 5.03 Å². The first-order valence-electron chi connectivity index (χ1n) is 11.7. The molecule has 4 rings (SSSR count). The Labute approximate surface area is 200 Å². The third-order valence-corrected chi connectivity index (χ3v) is 7.16. The molecular weight excluding hydrogens is 432 g/mol. The van der Waals surface area contributed by atoms with Gasteiger partial charge in [-0.15, -0.1) is 11.8 Å². The predicted octanol–water partition coefficient (Wildman–Crippen LogP) is 3.21. The summed E-state index contributed by atoms with van der Waals surface area (Å²) in [4.78, 5) is 34.4. The third-order valence-electron chi connectivity index (χ3n) is 6.13. The Bertz CT molecular complexity index is 997. The van der Waals surface area contributed by atoms with Gasteiger partial charge in [-0.2, -0.15) is 0 Å². The fraction of sp³-hybridized carbons (Fsp3) is 0.423. The number of nitrogens with one attached hydrogen (secondary N) is 1. The standard InChI is InChI=1S/C26H32N4O2S/c1-29(2)16-8-15-27-22-13-12-21-24-19(22)9-7-10-20(24)25(31)30(26(21)32)17-5-6-18-33-23-11-3-4-14-28-23/h3-4,7,9-14,19,22,27H,5-6,8,15-18H2,1-2H3. The van der Waals surface area contributed by atoms with Gasteiger partial charge in [-0.1, -0.05) is 30.4 Å². The van der Waals surface area contributed by atoms with Crippen molar-refractivity contribution in [3.63, 3.8) is 0 Å². The second kappa shape index (κ2) is 11.1. The van der Waals surface area contributed by atoms with Gasteiger partial charge in [0.1, 0.15) is 0 Å². The summed E-state index contributed by atoms with van der Waals surface area (Å²) in [6, 6.07) is 5.98. The molecule has 2 amide bonds. The molecule has 2 atom stereocenters. The first-order chi connectivity index (χ1) is 16.1. The smallest absolute Gasteiger partial charge is 0.261 e. The number of nitrogens with zero attached hydrogens (tertiary/aromatic N) is 3. The maximum absolute atomic E-state index is 13.2. The number of carbonyl (C=O) groups is 2. The van der Waals surface area contributed by atoms with Crippen LogP contribution in [-0.2, 0) is 9.59 Å². The molecule has 0 saturated heterocycles. The minimum absolute atomic E-state index is 0.0224. The molecule has 33 heavy (non-hydrogen) atoms. The van der Waals surface area contributed by atoms with E-state index in [4.69, 9.17) is 0 Å². The molecular formula is C26H32N4O2S. The summed E-state index contributed by atoms with van der Waals surface area (Å²) in [6.45, 7) is 2.36. The zero-order chi connectivity index (χ0) is 23.2. The van der Waals surface area contributed by atoms with Crippen molar-refractivity contribution in [3.8, 4) is 0 Å². The fourth-order valence-corrected chi connectivity index (χ4v) is 5.34. The number of hydrogen-bond acceptors (Lipinski definition) is 6. The van der Waals surface area contributed by atoms with Crippen LogP contribution < -0.4 is 5.32 Å². The zero-order valence-corrected chi connectivity index (χ0v) is 20.2. The van der Waals surface area contributed by atoms with Crippen molar-refractivity contribution in [2.75, 3.05) is 39.5 Å². The Morgan fingerprint density at radius 1 is 1.12 bits per heavy atom. The van der Waals surface area contributed by atoms with Crippen LogP contribution in [0.5, 0.6) is 0 Å². The molecule has 6 nitrogen and oxygen atoms in total. The van der Waals surface area contributed by atoms with E-state index in [1.165, 1.54) is 4.90 Å². The summed E-state index contributed by atoms with van der Waals surface area (Å²) in [6.07, 6.45) is 14.5. The molecule has 3 aliphatic rings. The molecule has 1 aliphatic heterocycles. The minimum atomic E-state index is -0.160. The van der Waals surface area contributed by atoms with Gasteiger partial charge in [0.2, 0.25) is 0 Å². The molecule has 0 fully saturated rings. The summed E-state index contributed by atoms with van der Waals surface area (Å²) < 4.78 is 0. The van der Waals surface area contributed by atoms with E-state index >= 15 is 0 Å². The van der Waals surface area contributed by atoms with Crippen LogP contribution in [0.4, 0.5) is 0 Å². The molecule has 2 aliphatic carbocycles. The molecule has 174 valence electrons. The van der Waals surface area contributed by atoms with Gasteiger partial charge in [-0.25, -0.2) is 4.98 Å². The summed E-state index contributed by atoms with van der Waals surface area (Å²) in [5, 5.41) is 4.60. The Balaban J connectivity index is 1.36. The number of imide groups is 1. The van der Waals surface area contributed by atoms with Crippen molar-refractivity contribution in [3.05, 3.63) is 71.5 Å². The molecule has 1 N–H and O–H groups in total. The normalized spacial score (nSPS) is 21.7. The van der Waals surface area contributed by atoms with Crippen molar-refractivity contribution in [2.24, 2.45) is 5.92 Å². The Hall–Kier alpha value is -2.48. The molecule has 2 unspecified atom stereocenters. The van der Waals surface area contributed by atoms with Gasteiger partial charge in [0, 0.05) is 35.8 Å². The maximum Gasteiger partial charge on any atom is 0.261 e. The summed E-state index contributed by atoms with van der Waals surface area (Å²) in [5.74, 6) is 0.615. The van der Waals surface area contributed by atoms with Crippen molar-refractivity contribution in [1.82, 2.24) is 20.1 Å². The number of carbonyl (C=O) groups excluding carboxylic acids is 2. The SMILES string of the molecule is CN(C)CCCNC1C=CC2=C3C(=CC=CC31)C(=O)N(CCCCSc1ccccn1)C2=O. The second-order valence-electron chi connectivity index (χ2n) is 8.80. The van der Waals surface area contributed by atoms with E-state index in [0.717, 1.165) is 48.7 Å². The monoisotopic (exact) mass is 464 g/mol. The molecule has 0 bridgehead atoms. The Morgan fingerprint density at radius 2 is 2.00 bits per heavy atom. The van der Waals surface area contributed by atoms with Crippen LogP contribution in [0.3, 0.4) is 0 Å². The predicted molar refractivity (Wildman–Crippen MR) is 133 cm³/mol. The first kappa shape index (κ1) is 23.7. The number of allylic oxidation sites excluding steroid dienone is 2. The van der Waals surface area contributed by atoms with Gasteiger partial charge >= 0.3 is 0 Å². The van der Waals surface area contributed by atoms with Gasteiger partial charge in [-0.05, 0) is 76.0 Å². The molecule has 1 aromatic rings.